The van der Waals surface area contributed by atoms with Crippen molar-refractivity contribution in [2.45, 2.75) is 59.2 Å². The Balaban J connectivity index is 2.44. The maximum atomic E-state index is 14.2. The average molecular weight is 579 g/mol. The molecule has 0 bridgehead atoms. The molecule has 1 aromatic rings. The highest BCUT2D eigenvalue weighted by molar-refractivity contribution is 6.39. The van der Waals surface area contributed by atoms with Crippen molar-refractivity contribution in [1.29, 1.82) is 5.41 Å². The number of carbonyl (C=O) groups excluding carboxylic acids is 2. The lowest BCUT2D eigenvalue weighted by Crippen LogP contribution is -2.49. The molecule has 0 radical (unpaired) electrons. The zero-order valence-corrected chi connectivity index (χ0v) is 23.0. The normalized spacial score (nSPS) is 21.5. The molecule has 210 valence electrons. The smallest absolute Gasteiger partial charge is 0.430 e. The number of hydrogen-bond acceptors (Lipinski definition) is 6. The largest absolute Gasteiger partial charge is 0.481 e. The monoisotopic (exact) mass is 578 g/mol. The Labute approximate surface area is 229 Å². The van der Waals surface area contributed by atoms with Crippen LogP contribution in [0.2, 0.25) is 10.0 Å². The number of alkyl halides is 3. The van der Waals surface area contributed by atoms with Crippen LogP contribution >= 0.6 is 23.2 Å². The van der Waals surface area contributed by atoms with Crippen LogP contribution in [0.3, 0.4) is 0 Å². The fraction of sp³-hybridized carbons (Fsp3) is 0.600. The molecule has 0 aromatic carbocycles. The Bertz CT molecular complexity index is 1080. The number of carbonyl (C=O) groups is 3. The quantitative estimate of drug-likeness (QED) is 0.291. The number of carboxylic acid groups (broad SMARTS) is 1. The van der Waals surface area contributed by atoms with Crippen molar-refractivity contribution in [2.75, 3.05) is 13.1 Å². The van der Waals surface area contributed by atoms with Crippen LogP contribution in [0.15, 0.2) is 17.4 Å². The summed E-state index contributed by atoms with van der Waals surface area (Å²) in [6.07, 6.45) is -1.96. The lowest BCUT2D eigenvalue weighted by Gasteiger charge is -2.33. The second kappa shape index (κ2) is 12.5. The van der Waals surface area contributed by atoms with Gasteiger partial charge in [-0.05, 0) is 30.6 Å². The molecule has 1 heterocycles. The minimum absolute atomic E-state index is 0.0714. The van der Waals surface area contributed by atoms with E-state index in [-0.39, 0.29) is 41.4 Å². The van der Waals surface area contributed by atoms with Gasteiger partial charge in [-0.2, -0.15) is 13.2 Å². The van der Waals surface area contributed by atoms with Crippen LogP contribution in [0.25, 0.3) is 0 Å². The lowest BCUT2D eigenvalue weighted by molar-refractivity contribution is -0.144. The van der Waals surface area contributed by atoms with E-state index in [0.717, 1.165) is 4.90 Å². The maximum absolute atomic E-state index is 14.2. The summed E-state index contributed by atoms with van der Waals surface area (Å²) in [4.78, 5) is 46.5. The fourth-order valence-electron chi connectivity index (χ4n) is 4.56. The van der Waals surface area contributed by atoms with Crippen molar-refractivity contribution in [1.82, 2.24) is 9.88 Å². The first-order valence-electron chi connectivity index (χ1n) is 12.0. The van der Waals surface area contributed by atoms with Gasteiger partial charge in [-0.3, -0.25) is 24.4 Å². The molecule has 0 aliphatic heterocycles. The third-order valence-corrected chi connectivity index (χ3v) is 6.81. The molecule has 1 fully saturated rings. The van der Waals surface area contributed by atoms with E-state index in [0.29, 0.717) is 6.21 Å². The molecular weight excluding hydrogens is 548 g/mol. The molecule has 4 atom stereocenters. The van der Waals surface area contributed by atoms with E-state index in [4.69, 9.17) is 28.6 Å². The molecule has 8 nitrogen and oxygen atoms in total. The van der Waals surface area contributed by atoms with E-state index in [2.05, 4.69) is 9.98 Å². The number of pyridine rings is 1. The number of aliphatic imine (C=N–C) groups is 1. The Morgan fingerprint density at radius 1 is 1.21 bits per heavy atom. The standard InChI is InChI=1S/C25H31Cl2F3N4O4/c1-13-7-14(5-6-15(13)23(37)38)33-21(25(28,29)30)16(8-31)22(36)34(12-24(2,3)4)11-19(35)20-17(26)9-32-10-18(20)27/h8-10,13-16,31H,5-7,11-12H2,1-4H3,(H,37,38). The number of aliphatic carboxylic acids is 1. The van der Waals surface area contributed by atoms with Crippen LogP contribution in [0.1, 0.15) is 57.3 Å². The van der Waals surface area contributed by atoms with Crippen molar-refractivity contribution in [3.05, 3.63) is 28.0 Å². The van der Waals surface area contributed by atoms with Crippen molar-refractivity contribution in [3.8, 4) is 0 Å². The summed E-state index contributed by atoms with van der Waals surface area (Å²) in [7, 11) is 0. The number of rotatable bonds is 9. The highest BCUT2D eigenvalue weighted by Gasteiger charge is 2.46. The molecule has 13 heteroatoms. The number of halogens is 5. The molecule has 2 rings (SSSR count). The van der Waals surface area contributed by atoms with Gasteiger partial charge in [-0.25, -0.2) is 0 Å². The second-order valence-corrected chi connectivity index (χ2v) is 11.5. The topological polar surface area (TPSA) is 124 Å². The van der Waals surface area contributed by atoms with Gasteiger partial charge >= 0.3 is 12.1 Å². The summed E-state index contributed by atoms with van der Waals surface area (Å²) < 4.78 is 42.6. The van der Waals surface area contributed by atoms with Gasteiger partial charge in [0.05, 0.1) is 34.1 Å². The van der Waals surface area contributed by atoms with E-state index in [1.54, 1.807) is 27.7 Å². The van der Waals surface area contributed by atoms with Gasteiger partial charge in [0.25, 0.3) is 0 Å². The van der Waals surface area contributed by atoms with Crippen LogP contribution in [0.4, 0.5) is 13.2 Å². The predicted molar refractivity (Wildman–Crippen MR) is 138 cm³/mol. The highest BCUT2D eigenvalue weighted by Crippen LogP contribution is 2.34. The number of nitrogens with one attached hydrogen (secondary N) is 1. The number of aromatic nitrogens is 1. The van der Waals surface area contributed by atoms with E-state index < -0.39 is 65.3 Å². The van der Waals surface area contributed by atoms with Crippen molar-refractivity contribution >= 4 is 52.8 Å². The molecule has 1 aliphatic carbocycles. The van der Waals surface area contributed by atoms with Crippen molar-refractivity contribution in [3.63, 3.8) is 0 Å². The third-order valence-electron chi connectivity index (χ3n) is 6.24. The number of carboxylic acids is 1. The summed E-state index contributed by atoms with van der Waals surface area (Å²) in [5, 5.41) is 16.9. The minimum atomic E-state index is -5.04. The summed E-state index contributed by atoms with van der Waals surface area (Å²) in [6, 6.07) is -0.861. The number of ketones is 1. The Morgan fingerprint density at radius 3 is 2.24 bits per heavy atom. The molecule has 1 aromatic heterocycles. The van der Waals surface area contributed by atoms with E-state index in [9.17, 15) is 32.7 Å². The third kappa shape index (κ3) is 8.23. The van der Waals surface area contributed by atoms with Crippen LogP contribution in [-0.4, -0.2) is 69.9 Å². The van der Waals surface area contributed by atoms with Gasteiger partial charge in [-0.1, -0.05) is 50.9 Å². The van der Waals surface area contributed by atoms with Gasteiger partial charge in [0, 0.05) is 25.2 Å². The van der Waals surface area contributed by atoms with Crippen molar-refractivity contribution in [2.24, 2.45) is 28.2 Å². The zero-order chi connectivity index (χ0) is 29.0. The summed E-state index contributed by atoms with van der Waals surface area (Å²) >= 11 is 12.1. The zero-order valence-electron chi connectivity index (χ0n) is 21.5. The fourth-order valence-corrected chi connectivity index (χ4v) is 5.13. The predicted octanol–water partition coefficient (Wildman–Crippen LogP) is 5.60. The Kier molecular flexibility index (Phi) is 10.5. The first-order chi connectivity index (χ1) is 17.5. The summed E-state index contributed by atoms with van der Waals surface area (Å²) in [6.45, 7) is 6.13. The van der Waals surface area contributed by atoms with Crippen LogP contribution in [-0.2, 0) is 9.59 Å². The lowest BCUT2D eigenvalue weighted by atomic mass is 9.78. The molecule has 0 spiro atoms. The van der Waals surface area contributed by atoms with Gasteiger partial charge < -0.3 is 15.4 Å². The van der Waals surface area contributed by atoms with E-state index in [1.165, 1.54) is 12.4 Å². The van der Waals surface area contributed by atoms with E-state index >= 15 is 0 Å². The minimum Gasteiger partial charge on any atom is -0.481 e. The van der Waals surface area contributed by atoms with Crippen molar-refractivity contribution < 1.29 is 32.7 Å². The van der Waals surface area contributed by atoms with Gasteiger partial charge in [0.2, 0.25) is 5.91 Å². The molecule has 0 saturated heterocycles. The molecule has 38 heavy (non-hydrogen) atoms. The maximum Gasteiger partial charge on any atom is 0.430 e. The molecule has 1 saturated carbocycles. The summed E-state index contributed by atoms with van der Waals surface area (Å²) in [5.41, 5.74) is -2.18. The molecule has 2 N–H and O–H groups in total. The van der Waals surface area contributed by atoms with Crippen LogP contribution < -0.4 is 0 Å². The highest BCUT2D eigenvalue weighted by atomic mass is 35.5. The van der Waals surface area contributed by atoms with Gasteiger partial charge in [0.1, 0.15) is 11.6 Å². The van der Waals surface area contributed by atoms with Crippen LogP contribution in [0.5, 0.6) is 0 Å². The van der Waals surface area contributed by atoms with E-state index in [1.807, 2.05) is 0 Å². The first-order valence-corrected chi connectivity index (χ1v) is 12.7. The number of nitrogens with zero attached hydrogens (tertiary/aromatic N) is 3. The average Bonchev–Trinajstić information content (AvgIpc) is 2.76. The second-order valence-electron chi connectivity index (χ2n) is 10.7. The Hall–Kier alpha value is -2.53. The molecule has 1 aliphatic rings. The SMILES string of the molecule is CC1CC(N=C(C(C=N)C(=O)N(CC(=O)c2c(Cl)cncc2Cl)CC(C)(C)C)C(F)(F)F)CCC1C(=O)O. The first kappa shape index (κ1) is 31.7. The van der Waals surface area contributed by atoms with Gasteiger partial charge in [-0.15, -0.1) is 0 Å². The molecule has 4 unspecified atom stereocenters. The van der Waals surface area contributed by atoms with Crippen LogP contribution in [0, 0.1) is 28.6 Å². The Morgan fingerprint density at radius 2 is 1.79 bits per heavy atom. The number of Topliss-reactive ketones (excluding diaryl/α,β-unsaturated/α-hetero) is 1. The summed E-state index contributed by atoms with van der Waals surface area (Å²) in [5.74, 6) is -6.02. The van der Waals surface area contributed by atoms with Gasteiger partial charge in [0.15, 0.2) is 5.78 Å². The number of hydrogen-bond donors (Lipinski definition) is 2. The number of amides is 1. The molecule has 1 amide bonds. The molecular formula is C25H31Cl2F3N4O4.